The molecule has 0 radical (unpaired) electrons. The summed E-state index contributed by atoms with van der Waals surface area (Å²) in [7, 11) is 0. The molecule has 3 unspecified atom stereocenters. The third-order valence-corrected chi connectivity index (χ3v) is 7.59. The van der Waals surface area contributed by atoms with Crippen LogP contribution in [0.1, 0.15) is 57.4 Å². The zero-order chi connectivity index (χ0) is 27.8. The number of amides is 2. The van der Waals surface area contributed by atoms with Gasteiger partial charge in [-0.3, -0.25) is 14.4 Å². The van der Waals surface area contributed by atoms with Crippen molar-refractivity contribution < 1.29 is 44.0 Å². The number of hydrogen-bond acceptors (Lipinski definition) is 6. The third kappa shape index (κ3) is 7.23. The predicted molar refractivity (Wildman–Crippen MR) is 134 cm³/mol. The molecule has 0 spiro atoms. The lowest BCUT2D eigenvalue weighted by Crippen LogP contribution is -2.55. The number of carboxylic acid groups (broad SMARTS) is 3. The highest BCUT2D eigenvalue weighted by Crippen LogP contribution is 2.49. The van der Waals surface area contributed by atoms with E-state index in [9.17, 15) is 29.1 Å². The highest BCUT2D eigenvalue weighted by atomic mass is 16.5. The van der Waals surface area contributed by atoms with Gasteiger partial charge in [0, 0.05) is 13.0 Å². The summed E-state index contributed by atoms with van der Waals surface area (Å²) in [5, 5.41) is 33.5. The van der Waals surface area contributed by atoms with Crippen molar-refractivity contribution in [3.05, 3.63) is 29.8 Å². The van der Waals surface area contributed by atoms with Crippen LogP contribution >= 0.6 is 0 Å². The van der Waals surface area contributed by atoms with Gasteiger partial charge in [0.15, 0.2) is 0 Å². The first-order chi connectivity index (χ1) is 18.1. The van der Waals surface area contributed by atoms with E-state index >= 15 is 0 Å². The molecule has 2 bridgehead atoms. The molecule has 5 N–H and O–H groups in total. The Kier molecular flexibility index (Phi) is 10.1. The SMILES string of the molecule is CCCCCNC(=O)C(Cc1ccc(OC(C(=O)O)C(=O)O)cc1)NC(=O)C1C2CCC(CC2)C1C(=O)O. The number of unbranched alkanes of at least 4 members (excludes halogenated alkanes) is 2. The van der Waals surface area contributed by atoms with Gasteiger partial charge in [0.2, 0.25) is 11.8 Å². The van der Waals surface area contributed by atoms with Crippen LogP contribution < -0.4 is 15.4 Å². The van der Waals surface area contributed by atoms with Gasteiger partial charge in [-0.25, -0.2) is 9.59 Å². The van der Waals surface area contributed by atoms with Crippen molar-refractivity contribution in [3.63, 3.8) is 0 Å². The van der Waals surface area contributed by atoms with Crippen molar-refractivity contribution >= 4 is 29.7 Å². The standard InChI is InChI=1S/C27H36N2O9/c1-2-3-4-13-28-23(30)19(14-15-5-11-18(12-6-15)38-22(26(34)35)27(36)37)29-24(31)20-16-7-9-17(10-8-16)21(20)25(32)33/h5-6,11-12,16-17,19-22H,2-4,7-10,13-14H2,1H3,(H,28,30)(H,29,31)(H,32,33)(H,34,35)(H,36,37). The van der Waals surface area contributed by atoms with Crippen molar-refractivity contribution in [2.75, 3.05) is 6.54 Å². The van der Waals surface area contributed by atoms with Crippen LogP contribution in [0.3, 0.4) is 0 Å². The second kappa shape index (κ2) is 13.3. The number of rotatable bonds is 14. The maximum absolute atomic E-state index is 13.4. The number of ether oxygens (including phenoxy) is 1. The van der Waals surface area contributed by atoms with Gasteiger partial charge < -0.3 is 30.7 Å². The number of fused-ring (bicyclic) bond motifs is 3. The van der Waals surface area contributed by atoms with E-state index in [1.165, 1.54) is 12.1 Å². The smallest absolute Gasteiger partial charge is 0.356 e. The van der Waals surface area contributed by atoms with E-state index in [0.717, 1.165) is 44.9 Å². The predicted octanol–water partition coefficient (Wildman–Crippen LogP) is 2.07. The van der Waals surface area contributed by atoms with Crippen LogP contribution in [0.15, 0.2) is 24.3 Å². The lowest BCUT2D eigenvalue weighted by atomic mass is 9.58. The molecule has 0 aliphatic heterocycles. The van der Waals surface area contributed by atoms with Gasteiger partial charge in [0.25, 0.3) is 6.10 Å². The topological polar surface area (TPSA) is 179 Å². The van der Waals surface area contributed by atoms with E-state index in [1.54, 1.807) is 12.1 Å². The molecule has 3 saturated carbocycles. The fourth-order valence-electron chi connectivity index (χ4n) is 5.65. The van der Waals surface area contributed by atoms with E-state index < -0.39 is 47.8 Å². The summed E-state index contributed by atoms with van der Waals surface area (Å²) >= 11 is 0. The van der Waals surface area contributed by atoms with Crippen LogP contribution in [-0.4, -0.2) is 63.7 Å². The molecule has 1 aromatic carbocycles. The highest BCUT2D eigenvalue weighted by Gasteiger charge is 2.50. The largest absolute Gasteiger partial charge is 0.481 e. The molecule has 0 heterocycles. The van der Waals surface area contributed by atoms with Gasteiger partial charge in [0.05, 0.1) is 11.8 Å². The molecule has 1 aromatic rings. The van der Waals surface area contributed by atoms with Gasteiger partial charge in [0.1, 0.15) is 11.8 Å². The summed E-state index contributed by atoms with van der Waals surface area (Å²) < 4.78 is 5.02. The molecule has 3 atom stereocenters. The Labute approximate surface area is 220 Å². The quantitative estimate of drug-likeness (QED) is 0.177. The van der Waals surface area contributed by atoms with Crippen LogP contribution in [0.25, 0.3) is 0 Å². The van der Waals surface area contributed by atoms with Crippen molar-refractivity contribution in [1.29, 1.82) is 0 Å². The fraction of sp³-hybridized carbons (Fsp3) is 0.593. The van der Waals surface area contributed by atoms with Gasteiger partial charge in [-0.05, 0) is 61.6 Å². The summed E-state index contributed by atoms with van der Waals surface area (Å²) in [6.07, 6.45) is 3.95. The van der Waals surface area contributed by atoms with E-state index in [-0.39, 0.29) is 29.9 Å². The Morgan fingerprint density at radius 2 is 1.47 bits per heavy atom. The number of aliphatic carboxylic acids is 3. The first-order valence-corrected chi connectivity index (χ1v) is 13.1. The third-order valence-electron chi connectivity index (χ3n) is 7.59. The van der Waals surface area contributed by atoms with Gasteiger partial charge in [-0.15, -0.1) is 0 Å². The number of hydrogen-bond donors (Lipinski definition) is 5. The van der Waals surface area contributed by atoms with E-state index in [4.69, 9.17) is 14.9 Å². The Bertz CT molecular complexity index is 1000. The van der Waals surface area contributed by atoms with Crippen LogP contribution in [0.4, 0.5) is 0 Å². The molecule has 3 aliphatic rings. The Morgan fingerprint density at radius 3 is 2.00 bits per heavy atom. The van der Waals surface area contributed by atoms with Gasteiger partial charge in [-0.1, -0.05) is 31.9 Å². The first-order valence-electron chi connectivity index (χ1n) is 13.1. The molecule has 0 aromatic heterocycles. The van der Waals surface area contributed by atoms with E-state index in [0.29, 0.717) is 12.1 Å². The first kappa shape index (κ1) is 28.9. The van der Waals surface area contributed by atoms with Crippen molar-refractivity contribution in [1.82, 2.24) is 10.6 Å². The molecule has 4 rings (SSSR count). The Hall–Kier alpha value is -3.63. The number of carbonyl (C=O) groups is 5. The highest BCUT2D eigenvalue weighted by molar-refractivity contribution is 5.96. The van der Waals surface area contributed by atoms with Crippen LogP contribution in [-0.2, 0) is 30.4 Å². The molecule has 38 heavy (non-hydrogen) atoms. The molecule has 3 fully saturated rings. The Balaban J connectivity index is 1.74. The minimum Gasteiger partial charge on any atom is -0.481 e. The van der Waals surface area contributed by atoms with Crippen molar-refractivity contribution in [2.24, 2.45) is 23.7 Å². The van der Waals surface area contributed by atoms with Crippen LogP contribution in [0.5, 0.6) is 5.75 Å². The summed E-state index contributed by atoms with van der Waals surface area (Å²) in [5.41, 5.74) is 0.619. The number of carbonyl (C=O) groups excluding carboxylic acids is 2. The summed E-state index contributed by atoms with van der Waals surface area (Å²) in [6, 6.07) is 4.96. The molecule has 3 aliphatic carbocycles. The van der Waals surface area contributed by atoms with Gasteiger partial charge in [-0.2, -0.15) is 0 Å². The Morgan fingerprint density at radius 1 is 0.895 bits per heavy atom. The lowest BCUT2D eigenvalue weighted by molar-refractivity contribution is -0.159. The van der Waals surface area contributed by atoms with Crippen LogP contribution in [0.2, 0.25) is 0 Å². The zero-order valence-electron chi connectivity index (χ0n) is 21.4. The number of carboxylic acids is 3. The minimum atomic E-state index is -2.06. The van der Waals surface area contributed by atoms with Crippen molar-refractivity contribution in [2.45, 2.75) is 70.4 Å². The molecule has 208 valence electrons. The maximum Gasteiger partial charge on any atom is 0.356 e. The van der Waals surface area contributed by atoms with Crippen LogP contribution in [0, 0.1) is 23.7 Å². The molecular formula is C27H36N2O9. The normalized spacial score (nSPS) is 22.9. The number of nitrogens with one attached hydrogen (secondary N) is 2. The fourth-order valence-corrected chi connectivity index (χ4v) is 5.65. The minimum absolute atomic E-state index is 0.0238. The molecule has 11 heteroatoms. The van der Waals surface area contributed by atoms with Crippen molar-refractivity contribution in [3.8, 4) is 5.75 Å². The summed E-state index contributed by atoms with van der Waals surface area (Å²) in [4.78, 5) is 60.6. The molecule has 11 nitrogen and oxygen atoms in total. The summed E-state index contributed by atoms with van der Waals surface area (Å²) in [5.74, 6) is -6.54. The number of benzene rings is 1. The monoisotopic (exact) mass is 532 g/mol. The lowest BCUT2D eigenvalue weighted by Gasteiger charge is -2.46. The van der Waals surface area contributed by atoms with E-state index in [2.05, 4.69) is 10.6 Å². The second-order valence-corrected chi connectivity index (χ2v) is 10.1. The molecule has 0 saturated heterocycles. The second-order valence-electron chi connectivity index (χ2n) is 10.1. The van der Waals surface area contributed by atoms with E-state index in [1.807, 2.05) is 6.92 Å². The summed E-state index contributed by atoms with van der Waals surface area (Å²) in [6.45, 7) is 2.49. The average Bonchev–Trinajstić information content (AvgIpc) is 2.89. The zero-order valence-corrected chi connectivity index (χ0v) is 21.4. The van der Waals surface area contributed by atoms with Gasteiger partial charge >= 0.3 is 17.9 Å². The maximum atomic E-state index is 13.4. The average molecular weight is 533 g/mol. The molecule has 2 amide bonds. The molecular weight excluding hydrogens is 496 g/mol.